The Morgan fingerprint density at radius 2 is 1.33 bits per heavy atom. The number of carbonyl (C=O) groups excluding carboxylic acids is 2. The van der Waals surface area contributed by atoms with Crippen molar-refractivity contribution in [3.8, 4) is 45.9 Å². The molecule has 0 aliphatic carbocycles. The first-order valence-electron chi connectivity index (χ1n) is 16.2. The maximum atomic E-state index is 12.1. The minimum atomic E-state index is -0.476. The fourth-order valence-electron chi connectivity index (χ4n) is 5.21. The molecule has 1 radical (unpaired) electrons. The van der Waals surface area contributed by atoms with Gasteiger partial charge in [0, 0.05) is 24.3 Å². The van der Waals surface area contributed by atoms with E-state index >= 15 is 0 Å². The van der Waals surface area contributed by atoms with Crippen LogP contribution in [-0.2, 0) is 22.7 Å². The van der Waals surface area contributed by atoms with E-state index in [1.54, 1.807) is 46.5 Å². The molecule has 0 saturated heterocycles. The molecule has 15 nitrogen and oxygen atoms in total. The molecule has 4 heterocycles. The summed E-state index contributed by atoms with van der Waals surface area (Å²) in [5, 5.41) is 0. The number of hydrogen-bond acceptors (Lipinski definition) is 14. The van der Waals surface area contributed by atoms with Crippen molar-refractivity contribution in [2.75, 3.05) is 27.4 Å². The van der Waals surface area contributed by atoms with E-state index in [9.17, 15) is 9.59 Å². The predicted octanol–water partition coefficient (Wildman–Crippen LogP) is 6.42. The van der Waals surface area contributed by atoms with Crippen LogP contribution in [0.2, 0.25) is 0 Å². The van der Waals surface area contributed by atoms with E-state index in [0.717, 1.165) is 5.69 Å². The third-order valence-corrected chi connectivity index (χ3v) is 7.71. The number of methoxy groups -OCH3 is 2. The van der Waals surface area contributed by atoms with E-state index in [4.69, 9.17) is 37.9 Å². The van der Waals surface area contributed by atoms with Crippen molar-refractivity contribution < 1.29 is 47.5 Å². The molecule has 277 valence electrons. The van der Waals surface area contributed by atoms with Gasteiger partial charge >= 0.3 is 36.7 Å². The van der Waals surface area contributed by atoms with Gasteiger partial charge in [-0.2, -0.15) is 0 Å². The van der Waals surface area contributed by atoms with Crippen LogP contribution in [0.4, 0.5) is 0 Å². The fraction of sp³-hybridized carbons (Fsp3) is 0.412. The van der Waals surface area contributed by atoms with Gasteiger partial charge in [-0.25, -0.2) is 19.6 Å². The van der Waals surface area contributed by atoms with Gasteiger partial charge < -0.3 is 37.9 Å². The molecular weight excluding hydrogens is 761 g/mol. The van der Waals surface area contributed by atoms with Gasteiger partial charge in [0.2, 0.25) is 0 Å². The van der Waals surface area contributed by atoms with E-state index in [0.29, 0.717) is 62.9 Å². The van der Waals surface area contributed by atoms with Gasteiger partial charge in [0.15, 0.2) is 39.1 Å². The molecular formula is C34H40BBrN5O10S. The third kappa shape index (κ3) is 8.83. The average molecular weight is 802 g/mol. The number of fused-ring (bicyclic) bond motifs is 6. The zero-order chi connectivity index (χ0) is 38.1. The van der Waals surface area contributed by atoms with Crippen molar-refractivity contribution >= 4 is 48.3 Å². The van der Waals surface area contributed by atoms with Crippen molar-refractivity contribution in [1.29, 1.82) is 0 Å². The molecule has 0 fully saturated rings. The Morgan fingerprint density at radius 3 is 1.83 bits per heavy atom. The van der Waals surface area contributed by atoms with Gasteiger partial charge in [-0.15, -0.1) is 0 Å². The van der Waals surface area contributed by atoms with Crippen LogP contribution < -0.4 is 28.4 Å². The topological polar surface area (TPSA) is 156 Å². The summed E-state index contributed by atoms with van der Waals surface area (Å²) in [5.74, 6) is 2.70. The molecule has 2 aromatic carbocycles. The Kier molecular flexibility index (Phi) is 14.0. The fourth-order valence-corrected chi connectivity index (χ4v) is 5.79. The Labute approximate surface area is 316 Å². The summed E-state index contributed by atoms with van der Waals surface area (Å²) in [5.41, 5.74) is 3.25. The summed E-state index contributed by atoms with van der Waals surface area (Å²) in [7, 11) is 7.50. The van der Waals surface area contributed by atoms with Crippen molar-refractivity contribution in [3.63, 3.8) is 0 Å². The van der Waals surface area contributed by atoms with Crippen LogP contribution in [-0.4, -0.2) is 78.3 Å². The SMILES string of the molecule is CCOC(=O)c1nc(Br)n2c1COc1cc(OC)c(OC(C)C)cc1-2.CCOC(=O)c1ncn2c1COc1cc(OC)c(OC(C)C)cc1-2.[B]=NS. The molecule has 0 unspecified atom stereocenters. The zero-order valence-corrected chi connectivity index (χ0v) is 32.6. The first kappa shape index (κ1) is 40.1. The number of carbonyl (C=O) groups is 2. The molecule has 2 aliphatic rings. The molecule has 6 rings (SSSR count). The number of ether oxygens (including phenoxy) is 8. The number of imidazole rings is 2. The second-order valence-electron chi connectivity index (χ2n) is 11.3. The summed E-state index contributed by atoms with van der Waals surface area (Å²) in [6.07, 6.45) is 1.57. The van der Waals surface area contributed by atoms with Gasteiger partial charge in [0.25, 0.3) is 0 Å². The van der Waals surface area contributed by atoms with Crippen LogP contribution in [0, 0.1) is 0 Å². The van der Waals surface area contributed by atoms with Crippen LogP contribution in [0.5, 0.6) is 34.5 Å². The van der Waals surface area contributed by atoms with Gasteiger partial charge in [0.05, 0.1) is 62.4 Å². The van der Waals surface area contributed by atoms with E-state index in [-0.39, 0.29) is 43.4 Å². The Bertz CT molecular complexity index is 1920. The summed E-state index contributed by atoms with van der Waals surface area (Å²) in [6, 6.07) is 7.19. The molecule has 0 N–H and O–H groups in total. The quantitative estimate of drug-likeness (QED) is 0.107. The summed E-state index contributed by atoms with van der Waals surface area (Å²) < 4.78 is 50.9. The van der Waals surface area contributed by atoms with Gasteiger partial charge in [0.1, 0.15) is 31.0 Å². The Balaban J connectivity index is 0.000000217. The van der Waals surface area contributed by atoms with E-state index in [1.807, 2.05) is 49.0 Å². The number of benzene rings is 2. The van der Waals surface area contributed by atoms with Crippen molar-refractivity contribution in [2.45, 2.75) is 67.0 Å². The molecule has 4 aromatic rings. The number of thiol groups is 1. The van der Waals surface area contributed by atoms with Gasteiger partial charge in [-0.1, -0.05) is 0 Å². The van der Waals surface area contributed by atoms with Gasteiger partial charge in [-0.05, 0) is 57.5 Å². The van der Waals surface area contributed by atoms with Crippen molar-refractivity contribution in [2.24, 2.45) is 4.30 Å². The number of rotatable bonds is 10. The predicted molar refractivity (Wildman–Crippen MR) is 197 cm³/mol. The molecule has 2 aromatic heterocycles. The van der Waals surface area contributed by atoms with Crippen LogP contribution in [0.25, 0.3) is 11.4 Å². The molecule has 0 atom stereocenters. The molecule has 0 bridgehead atoms. The van der Waals surface area contributed by atoms with Gasteiger partial charge in [-0.3, -0.25) is 9.13 Å². The monoisotopic (exact) mass is 800 g/mol. The van der Waals surface area contributed by atoms with Crippen LogP contribution in [0.1, 0.15) is 73.9 Å². The summed E-state index contributed by atoms with van der Waals surface area (Å²) in [4.78, 5) is 32.6. The first-order valence-corrected chi connectivity index (χ1v) is 17.4. The molecule has 2 aliphatic heterocycles. The number of nitrogens with zero attached hydrogens (tertiary/aromatic N) is 5. The number of esters is 2. The molecule has 52 heavy (non-hydrogen) atoms. The van der Waals surface area contributed by atoms with Crippen molar-refractivity contribution in [3.05, 3.63) is 58.1 Å². The second kappa shape index (κ2) is 18.2. The first-order chi connectivity index (χ1) is 24.9. The summed E-state index contributed by atoms with van der Waals surface area (Å²) >= 11 is 6.61. The van der Waals surface area contributed by atoms with E-state index in [2.05, 4.69) is 50.7 Å². The molecule has 18 heteroatoms. The Hall–Kier alpha value is -4.71. The average Bonchev–Trinajstić information content (AvgIpc) is 3.70. The molecule has 0 spiro atoms. The number of aromatic nitrogens is 4. The summed E-state index contributed by atoms with van der Waals surface area (Å²) in [6.45, 7) is 12.3. The van der Waals surface area contributed by atoms with E-state index < -0.39 is 11.9 Å². The third-order valence-electron chi connectivity index (χ3n) is 7.18. The number of halogens is 1. The van der Waals surface area contributed by atoms with Crippen LogP contribution in [0.3, 0.4) is 0 Å². The van der Waals surface area contributed by atoms with Crippen molar-refractivity contribution in [1.82, 2.24) is 19.1 Å². The standard InChI is InChI=1S/C17H19BrN2O5.C17H20N2O5.BHNS/c1-5-23-16(21)15-11-8-24-12-7-13(22-4)14(25-9(2)3)6-10(12)20(11)17(18)19-15;1-5-22-17(20)16-12-8-23-13-7-14(21-4)15(24-10(2)3)6-11(13)19(12)9-18-16;1-2-3/h6-7,9H,5,8H2,1-4H3;6-7,9-10H,5,8H2,1-4H3;3H. The molecule has 0 amide bonds. The molecule has 0 saturated carbocycles. The van der Waals surface area contributed by atoms with Crippen LogP contribution >= 0.6 is 28.7 Å². The normalized spacial score (nSPS) is 11.8. The minimum absolute atomic E-state index is 0.00110. The van der Waals surface area contributed by atoms with Crippen LogP contribution in [0.15, 0.2) is 39.6 Å². The Morgan fingerprint density at radius 1 is 0.846 bits per heavy atom. The number of hydrogen-bond donors (Lipinski definition) is 1. The second-order valence-corrected chi connectivity index (χ2v) is 12.3. The maximum absolute atomic E-state index is 12.1. The zero-order valence-electron chi connectivity index (χ0n) is 30.1. The van der Waals surface area contributed by atoms with E-state index in [1.165, 1.54) is 0 Å².